The van der Waals surface area contributed by atoms with Gasteiger partial charge in [0.25, 0.3) is 0 Å². The lowest BCUT2D eigenvalue weighted by Crippen LogP contribution is -2.06. The number of hydrogen-bond acceptors (Lipinski definition) is 2. The number of ether oxygens (including phenoxy) is 1. The van der Waals surface area contributed by atoms with Gasteiger partial charge in [-0.3, -0.25) is 4.79 Å². The number of halogens is 4. The largest absolute Gasteiger partial charge is 0.496 e. The van der Waals surface area contributed by atoms with Gasteiger partial charge in [-0.2, -0.15) is 0 Å². The molecule has 0 saturated carbocycles. The first-order valence-corrected chi connectivity index (χ1v) is 6.25. The van der Waals surface area contributed by atoms with Crippen molar-refractivity contribution in [1.29, 1.82) is 0 Å². The molecule has 0 aliphatic carbocycles. The van der Waals surface area contributed by atoms with Crippen LogP contribution in [0.4, 0.5) is 13.2 Å². The van der Waals surface area contributed by atoms with Gasteiger partial charge < -0.3 is 4.74 Å². The first-order chi connectivity index (χ1) is 9.42. The van der Waals surface area contributed by atoms with Crippen LogP contribution in [-0.2, 0) is 0 Å². The SMILES string of the molecule is COc1cc(F)c(Br)cc1C(=O)c1cc(F)cc(F)c1. The summed E-state index contributed by atoms with van der Waals surface area (Å²) in [5.74, 6) is -3.02. The van der Waals surface area contributed by atoms with Crippen molar-refractivity contribution < 1.29 is 22.7 Å². The van der Waals surface area contributed by atoms with Crippen LogP contribution in [0.2, 0.25) is 0 Å². The van der Waals surface area contributed by atoms with Crippen molar-refractivity contribution in [2.45, 2.75) is 0 Å². The topological polar surface area (TPSA) is 26.3 Å². The summed E-state index contributed by atoms with van der Waals surface area (Å²) in [5, 5.41) is 0. The number of hydrogen-bond donors (Lipinski definition) is 0. The predicted octanol–water partition coefficient (Wildman–Crippen LogP) is 4.11. The fourth-order valence-corrected chi connectivity index (χ4v) is 2.06. The average molecular weight is 345 g/mol. The molecule has 0 bridgehead atoms. The monoisotopic (exact) mass is 344 g/mol. The van der Waals surface area contributed by atoms with Gasteiger partial charge in [0.05, 0.1) is 17.1 Å². The quantitative estimate of drug-likeness (QED) is 0.783. The molecule has 0 atom stereocenters. The molecule has 0 aliphatic heterocycles. The van der Waals surface area contributed by atoms with E-state index in [1.807, 2.05) is 0 Å². The van der Waals surface area contributed by atoms with E-state index in [1.165, 1.54) is 13.2 Å². The van der Waals surface area contributed by atoms with Crippen molar-refractivity contribution in [3.05, 3.63) is 63.4 Å². The molecule has 0 radical (unpaired) electrons. The number of methoxy groups -OCH3 is 1. The van der Waals surface area contributed by atoms with E-state index in [4.69, 9.17) is 4.74 Å². The highest BCUT2D eigenvalue weighted by Crippen LogP contribution is 2.28. The van der Waals surface area contributed by atoms with Crippen LogP contribution in [0.15, 0.2) is 34.8 Å². The minimum Gasteiger partial charge on any atom is -0.496 e. The van der Waals surface area contributed by atoms with E-state index in [9.17, 15) is 18.0 Å². The molecular formula is C14H8BrF3O2. The molecule has 20 heavy (non-hydrogen) atoms. The van der Waals surface area contributed by atoms with Gasteiger partial charge in [-0.1, -0.05) is 0 Å². The number of carbonyl (C=O) groups excluding carboxylic acids is 1. The molecule has 2 aromatic rings. The Balaban J connectivity index is 2.55. The highest BCUT2D eigenvalue weighted by atomic mass is 79.9. The van der Waals surface area contributed by atoms with Crippen LogP contribution in [0.3, 0.4) is 0 Å². The molecule has 2 rings (SSSR count). The van der Waals surface area contributed by atoms with Gasteiger partial charge in [-0.25, -0.2) is 13.2 Å². The second kappa shape index (κ2) is 5.66. The first-order valence-electron chi connectivity index (χ1n) is 5.46. The van der Waals surface area contributed by atoms with Crippen LogP contribution in [0, 0.1) is 17.5 Å². The van der Waals surface area contributed by atoms with Crippen LogP contribution < -0.4 is 4.74 Å². The molecule has 6 heteroatoms. The second-order valence-electron chi connectivity index (χ2n) is 3.95. The molecular weight excluding hydrogens is 337 g/mol. The fraction of sp³-hybridized carbons (Fsp3) is 0.0714. The third-order valence-corrected chi connectivity index (χ3v) is 3.22. The Morgan fingerprint density at radius 1 is 1.05 bits per heavy atom. The zero-order valence-corrected chi connectivity index (χ0v) is 11.8. The Labute approximate surface area is 121 Å². The van der Waals surface area contributed by atoms with Gasteiger partial charge in [-0.15, -0.1) is 0 Å². The molecule has 2 nitrogen and oxygen atoms in total. The first kappa shape index (κ1) is 14.6. The summed E-state index contributed by atoms with van der Waals surface area (Å²) in [4.78, 5) is 12.2. The summed E-state index contributed by atoms with van der Waals surface area (Å²) in [6.07, 6.45) is 0. The Morgan fingerprint density at radius 3 is 2.20 bits per heavy atom. The van der Waals surface area contributed by atoms with Gasteiger partial charge >= 0.3 is 0 Å². The normalized spacial score (nSPS) is 10.4. The van der Waals surface area contributed by atoms with Crippen LogP contribution in [0.25, 0.3) is 0 Å². The summed E-state index contributed by atoms with van der Waals surface area (Å²) in [7, 11) is 1.27. The minimum absolute atomic E-state index is 0.00535. The summed E-state index contributed by atoms with van der Waals surface area (Å²) in [6.45, 7) is 0. The Bertz CT molecular complexity index is 666. The minimum atomic E-state index is -0.867. The number of ketones is 1. The molecule has 0 unspecified atom stereocenters. The molecule has 0 aromatic heterocycles. The predicted molar refractivity (Wildman–Crippen MR) is 70.4 cm³/mol. The lowest BCUT2D eigenvalue weighted by atomic mass is 10.0. The van der Waals surface area contributed by atoms with Crippen LogP contribution in [0.1, 0.15) is 15.9 Å². The summed E-state index contributed by atoms with van der Waals surface area (Å²) >= 11 is 2.95. The van der Waals surface area contributed by atoms with E-state index in [0.29, 0.717) is 6.07 Å². The summed E-state index contributed by atoms with van der Waals surface area (Å²) in [6, 6.07) is 4.70. The van der Waals surface area contributed by atoms with Crippen LogP contribution >= 0.6 is 15.9 Å². The number of carbonyl (C=O) groups is 1. The van der Waals surface area contributed by atoms with Gasteiger partial charge in [0.15, 0.2) is 5.78 Å². The van der Waals surface area contributed by atoms with E-state index >= 15 is 0 Å². The molecule has 0 heterocycles. The number of benzene rings is 2. The maximum Gasteiger partial charge on any atom is 0.197 e. The zero-order chi connectivity index (χ0) is 14.9. The maximum atomic E-state index is 13.4. The molecule has 0 spiro atoms. The highest BCUT2D eigenvalue weighted by molar-refractivity contribution is 9.10. The molecule has 2 aromatic carbocycles. The average Bonchev–Trinajstić information content (AvgIpc) is 2.39. The van der Waals surface area contributed by atoms with E-state index in [1.54, 1.807) is 0 Å². The fourth-order valence-electron chi connectivity index (χ4n) is 1.72. The zero-order valence-electron chi connectivity index (χ0n) is 10.2. The van der Waals surface area contributed by atoms with Crippen molar-refractivity contribution in [2.24, 2.45) is 0 Å². The molecule has 0 saturated heterocycles. The Kier molecular flexibility index (Phi) is 4.13. The van der Waals surface area contributed by atoms with Crippen LogP contribution in [0.5, 0.6) is 5.75 Å². The smallest absolute Gasteiger partial charge is 0.197 e. The standard InChI is InChI=1S/C14H8BrF3O2/c1-20-13-6-12(18)11(15)5-10(13)14(19)7-2-8(16)4-9(17)3-7/h2-6H,1H3. The van der Waals surface area contributed by atoms with E-state index in [0.717, 1.165) is 18.2 Å². The van der Waals surface area contributed by atoms with E-state index < -0.39 is 23.2 Å². The maximum absolute atomic E-state index is 13.4. The van der Waals surface area contributed by atoms with Crippen molar-refractivity contribution in [2.75, 3.05) is 7.11 Å². The van der Waals surface area contributed by atoms with Crippen LogP contribution in [-0.4, -0.2) is 12.9 Å². The van der Waals surface area contributed by atoms with Gasteiger partial charge in [-0.05, 0) is 34.1 Å². The third-order valence-electron chi connectivity index (χ3n) is 2.61. The summed E-state index contributed by atoms with van der Waals surface area (Å²) in [5.41, 5.74) is -0.176. The Morgan fingerprint density at radius 2 is 1.65 bits per heavy atom. The van der Waals surface area contributed by atoms with Gasteiger partial charge in [0.2, 0.25) is 0 Å². The molecule has 0 N–H and O–H groups in total. The highest BCUT2D eigenvalue weighted by Gasteiger charge is 2.18. The van der Waals surface area contributed by atoms with Crippen molar-refractivity contribution in [3.63, 3.8) is 0 Å². The molecule has 104 valence electrons. The van der Waals surface area contributed by atoms with E-state index in [2.05, 4.69) is 15.9 Å². The van der Waals surface area contributed by atoms with Crippen molar-refractivity contribution in [1.82, 2.24) is 0 Å². The third kappa shape index (κ3) is 2.85. The van der Waals surface area contributed by atoms with Crippen molar-refractivity contribution >= 4 is 21.7 Å². The van der Waals surface area contributed by atoms with Gasteiger partial charge in [0, 0.05) is 17.7 Å². The number of rotatable bonds is 3. The lowest BCUT2D eigenvalue weighted by Gasteiger charge is -2.09. The Hall–Kier alpha value is -1.82. The van der Waals surface area contributed by atoms with Crippen molar-refractivity contribution in [3.8, 4) is 5.75 Å². The molecule has 0 amide bonds. The molecule has 0 aliphatic rings. The van der Waals surface area contributed by atoms with E-state index in [-0.39, 0.29) is 21.3 Å². The lowest BCUT2D eigenvalue weighted by molar-refractivity contribution is 0.103. The summed E-state index contributed by atoms with van der Waals surface area (Å²) < 4.78 is 44.6. The molecule has 0 fully saturated rings. The second-order valence-corrected chi connectivity index (χ2v) is 4.81. The van der Waals surface area contributed by atoms with Gasteiger partial charge in [0.1, 0.15) is 23.2 Å².